The Labute approximate surface area is 115 Å². The fourth-order valence-corrected chi connectivity index (χ4v) is 2.94. The number of hydrogen-bond acceptors (Lipinski definition) is 2. The largest absolute Gasteiger partial charge is 0.326 e. The van der Waals surface area contributed by atoms with Crippen molar-refractivity contribution in [3.8, 4) is 0 Å². The van der Waals surface area contributed by atoms with Crippen LogP contribution in [0.2, 0.25) is 10.0 Å². The van der Waals surface area contributed by atoms with Crippen molar-refractivity contribution in [1.82, 2.24) is 0 Å². The van der Waals surface area contributed by atoms with E-state index in [-0.39, 0.29) is 0 Å². The molecule has 0 aliphatic heterocycles. The molecule has 0 aromatic heterocycles. The van der Waals surface area contributed by atoms with Crippen LogP contribution in [0.4, 0.5) is 0 Å². The first-order chi connectivity index (χ1) is 8.20. The van der Waals surface area contributed by atoms with Crippen LogP contribution in [0.3, 0.4) is 0 Å². The van der Waals surface area contributed by atoms with Gasteiger partial charge in [0.15, 0.2) is 0 Å². The van der Waals surface area contributed by atoms with Gasteiger partial charge in [-0.25, -0.2) is 0 Å². The molecule has 0 saturated carbocycles. The summed E-state index contributed by atoms with van der Waals surface area (Å²) < 4.78 is 0. The summed E-state index contributed by atoms with van der Waals surface area (Å²) in [6.07, 6.45) is 0. The minimum Gasteiger partial charge on any atom is -0.326 e. The number of rotatable bonds is 3. The fraction of sp³-hybridized carbons (Fsp3) is 0.0769. The smallest absolute Gasteiger partial charge is 0.0545 e. The zero-order valence-electron chi connectivity index (χ0n) is 8.99. The van der Waals surface area contributed by atoms with E-state index in [1.54, 1.807) is 11.8 Å². The van der Waals surface area contributed by atoms with Gasteiger partial charge in [-0.15, -0.1) is 0 Å². The average Bonchev–Trinajstić information content (AvgIpc) is 2.32. The molecule has 2 aromatic carbocycles. The quantitative estimate of drug-likeness (QED) is 0.891. The SMILES string of the molecule is NCc1ccc(Cl)cc1Sc1ccccc1Cl. The Morgan fingerprint density at radius 1 is 1.00 bits per heavy atom. The van der Waals surface area contributed by atoms with Crippen LogP contribution in [-0.4, -0.2) is 0 Å². The highest BCUT2D eigenvalue weighted by molar-refractivity contribution is 7.99. The molecule has 0 heterocycles. The van der Waals surface area contributed by atoms with E-state index >= 15 is 0 Å². The van der Waals surface area contributed by atoms with Crippen molar-refractivity contribution in [2.24, 2.45) is 5.73 Å². The summed E-state index contributed by atoms with van der Waals surface area (Å²) in [4.78, 5) is 2.05. The standard InChI is InChI=1S/C13H11Cl2NS/c14-10-6-5-9(8-16)13(7-10)17-12-4-2-1-3-11(12)15/h1-7H,8,16H2. The zero-order valence-corrected chi connectivity index (χ0v) is 11.3. The zero-order chi connectivity index (χ0) is 12.3. The Morgan fingerprint density at radius 3 is 2.47 bits per heavy atom. The average molecular weight is 284 g/mol. The van der Waals surface area contributed by atoms with E-state index in [2.05, 4.69) is 0 Å². The molecule has 0 saturated heterocycles. The summed E-state index contributed by atoms with van der Waals surface area (Å²) in [5, 5.41) is 1.44. The number of halogens is 2. The Hall–Kier alpha value is -0.670. The Balaban J connectivity index is 2.35. The second-order valence-corrected chi connectivity index (χ2v) is 5.42. The van der Waals surface area contributed by atoms with E-state index in [9.17, 15) is 0 Å². The van der Waals surface area contributed by atoms with Gasteiger partial charge in [-0.05, 0) is 29.8 Å². The van der Waals surface area contributed by atoms with E-state index in [0.29, 0.717) is 11.6 Å². The van der Waals surface area contributed by atoms with Crippen LogP contribution in [0.25, 0.3) is 0 Å². The second kappa shape index (κ2) is 5.78. The van der Waals surface area contributed by atoms with Crippen molar-refractivity contribution in [3.63, 3.8) is 0 Å². The molecular formula is C13H11Cl2NS. The van der Waals surface area contributed by atoms with Crippen LogP contribution < -0.4 is 5.73 Å². The summed E-state index contributed by atoms with van der Waals surface area (Å²) in [7, 11) is 0. The molecule has 2 aromatic rings. The second-order valence-electron chi connectivity index (χ2n) is 3.49. The van der Waals surface area contributed by atoms with Crippen molar-refractivity contribution in [2.75, 3.05) is 0 Å². The molecule has 2 N–H and O–H groups in total. The van der Waals surface area contributed by atoms with Crippen LogP contribution in [0.1, 0.15) is 5.56 Å². The van der Waals surface area contributed by atoms with Gasteiger partial charge < -0.3 is 5.73 Å². The van der Waals surface area contributed by atoms with Gasteiger partial charge in [0, 0.05) is 21.4 Å². The Morgan fingerprint density at radius 2 is 1.76 bits per heavy atom. The summed E-state index contributed by atoms with van der Waals surface area (Å²) in [6.45, 7) is 0.490. The maximum atomic E-state index is 6.12. The van der Waals surface area contributed by atoms with Crippen molar-refractivity contribution in [1.29, 1.82) is 0 Å². The molecule has 0 amide bonds. The van der Waals surface area contributed by atoms with Gasteiger partial charge in [0.1, 0.15) is 0 Å². The van der Waals surface area contributed by atoms with E-state index in [0.717, 1.165) is 20.4 Å². The summed E-state index contributed by atoms with van der Waals surface area (Å²) >= 11 is 13.7. The van der Waals surface area contributed by atoms with Crippen LogP contribution in [-0.2, 0) is 6.54 Å². The summed E-state index contributed by atoms with van der Waals surface area (Å²) in [5.41, 5.74) is 6.77. The molecular weight excluding hydrogens is 273 g/mol. The molecule has 0 aliphatic rings. The van der Waals surface area contributed by atoms with Crippen molar-refractivity contribution < 1.29 is 0 Å². The lowest BCUT2D eigenvalue weighted by atomic mass is 10.2. The third-order valence-electron chi connectivity index (χ3n) is 2.31. The molecule has 0 unspecified atom stereocenters. The molecule has 1 nitrogen and oxygen atoms in total. The third-order valence-corrected chi connectivity index (χ3v) is 4.16. The van der Waals surface area contributed by atoms with Crippen LogP contribution in [0, 0.1) is 0 Å². The van der Waals surface area contributed by atoms with E-state index in [1.807, 2.05) is 42.5 Å². The van der Waals surface area contributed by atoms with Gasteiger partial charge in [0.25, 0.3) is 0 Å². The predicted octanol–water partition coefficient (Wildman–Crippen LogP) is 4.60. The lowest BCUT2D eigenvalue weighted by molar-refractivity contribution is 1.03. The predicted molar refractivity (Wildman–Crippen MR) is 74.9 cm³/mol. The minimum atomic E-state index is 0.490. The van der Waals surface area contributed by atoms with Crippen molar-refractivity contribution in [2.45, 2.75) is 16.3 Å². The van der Waals surface area contributed by atoms with Crippen molar-refractivity contribution in [3.05, 3.63) is 58.1 Å². The van der Waals surface area contributed by atoms with Gasteiger partial charge in [0.2, 0.25) is 0 Å². The lowest BCUT2D eigenvalue weighted by Crippen LogP contribution is -1.98. The van der Waals surface area contributed by atoms with Crippen LogP contribution in [0.5, 0.6) is 0 Å². The van der Waals surface area contributed by atoms with Gasteiger partial charge in [-0.3, -0.25) is 0 Å². The molecule has 4 heteroatoms. The highest BCUT2D eigenvalue weighted by Gasteiger charge is 2.06. The lowest BCUT2D eigenvalue weighted by Gasteiger charge is -2.09. The first-order valence-corrected chi connectivity index (χ1v) is 6.69. The minimum absolute atomic E-state index is 0.490. The molecule has 0 fully saturated rings. The Bertz CT molecular complexity index is 529. The van der Waals surface area contributed by atoms with Gasteiger partial charge in [0.05, 0.1) is 5.02 Å². The molecule has 0 spiro atoms. The fourth-order valence-electron chi connectivity index (χ4n) is 1.44. The maximum absolute atomic E-state index is 6.12. The molecule has 2 rings (SSSR count). The highest BCUT2D eigenvalue weighted by Crippen LogP contribution is 2.36. The molecule has 0 bridgehead atoms. The van der Waals surface area contributed by atoms with E-state index in [4.69, 9.17) is 28.9 Å². The van der Waals surface area contributed by atoms with Gasteiger partial charge in [-0.2, -0.15) is 0 Å². The van der Waals surface area contributed by atoms with Crippen molar-refractivity contribution >= 4 is 35.0 Å². The van der Waals surface area contributed by atoms with E-state index in [1.165, 1.54) is 0 Å². The summed E-state index contributed by atoms with van der Waals surface area (Å²) in [6, 6.07) is 13.4. The highest BCUT2D eigenvalue weighted by atomic mass is 35.5. The van der Waals surface area contributed by atoms with Gasteiger partial charge >= 0.3 is 0 Å². The third kappa shape index (κ3) is 3.17. The number of nitrogens with two attached hydrogens (primary N) is 1. The molecule has 0 radical (unpaired) electrons. The number of hydrogen-bond donors (Lipinski definition) is 1. The Kier molecular flexibility index (Phi) is 4.35. The molecule has 0 atom stereocenters. The monoisotopic (exact) mass is 283 g/mol. The number of benzene rings is 2. The molecule has 17 heavy (non-hydrogen) atoms. The summed E-state index contributed by atoms with van der Waals surface area (Å²) in [5.74, 6) is 0. The van der Waals surface area contributed by atoms with Crippen LogP contribution in [0.15, 0.2) is 52.3 Å². The topological polar surface area (TPSA) is 26.0 Å². The van der Waals surface area contributed by atoms with Gasteiger partial charge in [-0.1, -0.05) is 53.2 Å². The van der Waals surface area contributed by atoms with Crippen LogP contribution >= 0.6 is 35.0 Å². The molecule has 88 valence electrons. The maximum Gasteiger partial charge on any atom is 0.0545 e. The molecule has 0 aliphatic carbocycles. The van der Waals surface area contributed by atoms with E-state index < -0.39 is 0 Å². The first-order valence-electron chi connectivity index (χ1n) is 5.11. The normalized spacial score (nSPS) is 10.5. The first kappa shape index (κ1) is 12.8.